The molecule has 0 unspecified atom stereocenters. The molecule has 2 aliphatic rings. The van der Waals surface area contributed by atoms with Crippen molar-refractivity contribution >= 4 is 5.91 Å². The van der Waals surface area contributed by atoms with Gasteiger partial charge < -0.3 is 29.7 Å². The monoisotopic (exact) mass is 363 g/mol. The molecule has 0 saturated carbocycles. The molecule has 1 aromatic rings. The fourth-order valence-electron chi connectivity index (χ4n) is 3.68. The fraction of sp³-hybridized carbons (Fsp3) is 0.632. The summed E-state index contributed by atoms with van der Waals surface area (Å²) in [5, 5.41) is 0. The molecule has 26 heavy (non-hydrogen) atoms. The van der Waals surface area contributed by atoms with Crippen LogP contribution in [0.1, 0.15) is 16.8 Å². The second kappa shape index (κ2) is 8.70. The maximum Gasteiger partial charge on any atom is 0.254 e. The van der Waals surface area contributed by atoms with E-state index in [4.69, 9.17) is 19.9 Å². The molecule has 7 nitrogen and oxygen atoms in total. The summed E-state index contributed by atoms with van der Waals surface area (Å²) >= 11 is 0. The molecule has 3 rings (SSSR count). The molecular weight excluding hydrogens is 334 g/mol. The number of methoxy groups -OCH3 is 1. The number of carbonyl (C=O) groups excluding carboxylic acids is 1. The highest BCUT2D eigenvalue weighted by atomic mass is 16.5. The molecule has 2 aliphatic heterocycles. The van der Waals surface area contributed by atoms with E-state index >= 15 is 0 Å². The van der Waals surface area contributed by atoms with Crippen LogP contribution in [0.3, 0.4) is 0 Å². The van der Waals surface area contributed by atoms with Crippen LogP contribution >= 0.6 is 0 Å². The van der Waals surface area contributed by atoms with Gasteiger partial charge in [0.2, 0.25) is 0 Å². The first-order chi connectivity index (χ1) is 12.6. The summed E-state index contributed by atoms with van der Waals surface area (Å²) in [5.74, 6) is 1.57. The van der Waals surface area contributed by atoms with Gasteiger partial charge in [-0.25, -0.2) is 0 Å². The van der Waals surface area contributed by atoms with Crippen molar-refractivity contribution < 1.29 is 19.0 Å². The Hall–Kier alpha value is -1.83. The Morgan fingerprint density at radius 2 is 2.12 bits per heavy atom. The van der Waals surface area contributed by atoms with Crippen molar-refractivity contribution in [2.75, 3.05) is 60.2 Å². The Labute approximate surface area is 155 Å². The summed E-state index contributed by atoms with van der Waals surface area (Å²) in [6.45, 7) is 4.87. The van der Waals surface area contributed by atoms with Gasteiger partial charge >= 0.3 is 0 Å². The number of amides is 1. The summed E-state index contributed by atoms with van der Waals surface area (Å²) in [6.07, 6.45) is 0.751. The van der Waals surface area contributed by atoms with Crippen molar-refractivity contribution in [3.8, 4) is 11.5 Å². The number of carbonyl (C=O) groups is 1. The summed E-state index contributed by atoms with van der Waals surface area (Å²) in [4.78, 5) is 17.5. The fourth-order valence-corrected chi connectivity index (χ4v) is 3.68. The largest absolute Gasteiger partial charge is 0.493 e. The van der Waals surface area contributed by atoms with Crippen molar-refractivity contribution in [3.05, 3.63) is 23.8 Å². The van der Waals surface area contributed by atoms with E-state index < -0.39 is 0 Å². The van der Waals surface area contributed by atoms with Gasteiger partial charge in [-0.1, -0.05) is 0 Å². The first-order valence-electron chi connectivity index (χ1n) is 9.20. The minimum absolute atomic E-state index is 0.0205. The number of hydrogen-bond donors (Lipinski definition) is 1. The van der Waals surface area contributed by atoms with Gasteiger partial charge in [0.05, 0.1) is 33.0 Å². The SMILES string of the molecule is COc1ccc(C(=O)N2C[C@H]3COC[C@@H]2CN(C)C3)cc1OCCCN. The van der Waals surface area contributed by atoms with Crippen molar-refractivity contribution in [1.29, 1.82) is 0 Å². The Balaban J connectivity index is 1.81. The molecule has 0 spiro atoms. The zero-order valence-corrected chi connectivity index (χ0v) is 15.6. The first kappa shape index (κ1) is 18.9. The van der Waals surface area contributed by atoms with E-state index in [0.29, 0.717) is 49.3 Å². The molecule has 0 aliphatic carbocycles. The van der Waals surface area contributed by atoms with Gasteiger partial charge in [-0.15, -0.1) is 0 Å². The molecule has 0 aromatic heterocycles. The lowest BCUT2D eigenvalue weighted by Crippen LogP contribution is -2.45. The third-order valence-electron chi connectivity index (χ3n) is 4.93. The van der Waals surface area contributed by atoms with Crippen LogP contribution in [0.5, 0.6) is 11.5 Å². The molecule has 2 saturated heterocycles. The highest BCUT2D eigenvalue weighted by Crippen LogP contribution is 2.30. The number of fused-ring (bicyclic) bond motifs is 3. The van der Waals surface area contributed by atoms with E-state index in [1.165, 1.54) is 0 Å². The summed E-state index contributed by atoms with van der Waals surface area (Å²) in [5.41, 5.74) is 6.14. The van der Waals surface area contributed by atoms with Gasteiger partial charge in [-0.05, 0) is 38.2 Å². The standard InChI is InChI=1S/C19H29N3O4/c1-21-9-14-10-22(16(11-21)13-25-12-14)19(23)15-4-5-17(24-2)18(8-15)26-7-3-6-20/h4-5,8,14,16H,3,6-7,9-13,20H2,1-2H3/t14-,16-/m0/s1. The maximum absolute atomic E-state index is 13.2. The normalized spacial score (nSPS) is 23.4. The quantitative estimate of drug-likeness (QED) is 0.755. The van der Waals surface area contributed by atoms with Gasteiger partial charge in [-0.2, -0.15) is 0 Å². The number of rotatable bonds is 6. The third kappa shape index (κ3) is 4.28. The molecule has 1 amide bonds. The third-order valence-corrected chi connectivity index (χ3v) is 4.93. The molecule has 1 aromatic carbocycles. The zero-order valence-electron chi connectivity index (χ0n) is 15.6. The number of benzene rings is 1. The van der Waals surface area contributed by atoms with E-state index in [-0.39, 0.29) is 11.9 Å². The highest BCUT2D eigenvalue weighted by Gasteiger charge is 2.35. The predicted octanol–water partition coefficient (Wildman–Crippen LogP) is 0.825. The summed E-state index contributed by atoms with van der Waals surface area (Å²) < 4.78 is 16.9. The van der Waals surface area contributed by atoms with E-state index in [1.54, 1.807) is 25.3 Å². The molecule has 2 N–H and O–H groups in total. The van der Waals surface area contributed by atoms with Crippen LogP contribution < -0.4 is 15.2 Å². The molecule has 2 bridgehead atoms. The van der Waals surface area contributed by atoms with Crippen LogP contribution in [0.2, 0.25) is 0 Å². The number of nitrogens with zero attached hydrogens (tertiary/aromatic N) is 2. The molecular formula is C19H29N3O4. The second-order valence-electron chi connectivity index (χ2n) is 7.09. The van der Waals surface area contributed by atoms with Crippen LogP contribution in [0.4, 0.5) is 0 Å². The van der Waals surface area contributed by atoms with Crippen molar-refractivity contribution in [2.24, 2.45) is 11.7 Å². The molecule has 2 heterocycles. The van der Waals surface area contributed by atoms with E-state index in [2.05, 4.69) is 11.9 Å². The van der Waals surface area contributed by atoms with Crippen LogP contribution in [0.15, 0.2) is 18.2 Å². The second-order valence-corrected chi connectivity index (χ2v) is 7.09. The molecule has 0 radical (unpaired) electrons. The number of likely N-dealkylation sites (N-methyl/N-ethyl adjacent to an activating group) is 1. The predicted molar refractivity (Wildman–Crippen MR) is 98.8 cm³/mol. The van der Waals surface area contributed by atoms with E-state index in [0.717, 1.165) is 26.1 Å². The average molecular weight is 363 g/mol. The first-order valence-corrected chi connectivity index (χ1v) is 9.20. The van der Waals surface area contributed by atoms with E-state index in [1.807, 2.05) is 4.90 Å². The topological polar surface area (TPSA) is 77.3 Å². The Morgan fingerprint density at radius 3 is 2.88 bits per heavy atom. The molecule has 2 atom stereocenters. The van der Waals surface area contributed by atoms with Crippen molar-refractivity contribution in [3.63, 3.8) is 0 Å². The maximum atomic E-state index is 13.2. The van der Waals surface area contributed by atoms with Gasteiger partial charge in [0.15, 0.2) is 11.5 Å². The number of hydrogen-bond acceptors (Lipinski definition) is 6. The zero-order chi connectivity index (χ0) is 18.5. The average Bonchev–Trinajstić information content (AvgIpc) is 2.91. The van der Waals surface area contributed by atoms with Gasteiger partial charge in [0.25, 0.3) is 5.91 Å². The summed E-state index contributed by atoms with van der Waals surface area (Å²) in [6, 6.07) is 5.44. The lowest BCUT2D eigenvalue weighted by molar-refractivity contribution is 0.0483. The minimum atomic E-state index is 0.0205. The van der Waals surface area contributed by atoms with Gasteiger partial charge in [0, 0.05) is 31.1 Å². The highest BCUT2D eigenvalue weighted by molar-refractivity contribution is 5.95. The smallest absolute Gasteiger partial charge is 0.254 e. The Bertz CT molecular complexity index is 625. The van der Waals surface area contributed by atoms with Crippen LogP contribution in [-0.2, 0) is 4.74 Å². The van der Waals surface area contributed by atoms with Gasteiger partial charge in [-0.3, -0.25) is 4.79 Å². The van der Waals surface area contributed by atoms with Gasteiger partial charge in [0.1, 0.15) is 0 Å². The van der Waals surface area contributed by atoms with Crippen molar-refractivity contribution in [2.45, 2.75) is 12.5 Å². The molecule has 144 valence electrons. The van der Waals surface area contributed by atoms with Crippen LogP contribution in [0.25, 0.3) is 0 Å². The summed E-state index contributed by atoms with van der Waals surface area (Å²) in [7, 11) is 3.70. The molecule has 2 fully saturated rings. The van der Waals surface area contributed by atoms with Crippen LogP contribution in [0, 0.1) is 5.92 Å². The lowest BCUT2D eigenvalue weighted by atomic mass is 10.1. The van der Waals surface area contributed by atoms with Crippen LogP contribution in [-0.4, -0.2) is 81.9 Å². The number of ether oxygens (including phenoxy) is 3. The number of nitrogens with two attached hydrogens (primary N) is 1. The molecule has 7 heteroatoms. The lowest BCUT2D eigenvalue weighted by Gasteiger charge is -2.30. The Kier molecular flexibility index (Phi) is 6.34. The minimum Gasteiger partial charge on any atom is -0.493 e. The van der Waals surface area contributed by atoms with E-state index in [9.17, 15) is 4.79 Å². The Morgan fingerprint density at radius 1 is 1.27 bits per heavy atom. The van der Waals surface area contributed by atoms with Crippen molar-refractivity contribution in [1.82, 2.24) is 9.80 Å².